The first-order chi connectivity index (χ1) is 10.6. The normalized spacial score (nSPS) is 16.0. The number of aromatic hydroxyl groups is 1. The number of benzene rings is 1. The van der Waals surface area contributed by atoms with Gasteiger partial charge in [-0.25, -0.2) is 0 Å². The number of aromatic amines is 1. The summed E-state index contributed by atoms with van der Waals surface area (Å²) in [6.45, 7) is 1.94. The Morgan fingerprint density at radius 3 is 2.73 bits per heavy atom. The summed E-state index contributed by atoms with van der Waals surface area (Å²) >= 11 is 5.12. The highest BCUT2D eigenvalue weighted by Crippen LogP contribution is 2.37. The van der Waals surface area contributed by atoms with Gasteiger partial charge in [-0.15, -0.1) is 0 Å². The first-order valence-corrected chi connectivity index (χ1v) is 7.64. The predicted molar refractivity (Wildman–Crippen MR) is 88.3 cm³/mol. The van der Waals surface area contributed by atoms with Crippen LogP contribution in [0.4, 0.5) is 0 Å². The second-order valence-electron chi connectivity index (χ2n) is 5.46. The molecule has 5 nitrogen and oxygen atoms in total. The summed E-state index contributed by atoms with van der Waals surface area (Å²) < 4.78 is 1.86. The van der Waals surface area contributed by atoms with Crippen LogP contribution in [0.3, 0.4) is 0 Å². The molecular weight excluding hydrogens is 298 g/mol. The highest BCUT2D eigenvalue weighted by Gasteiger charge is 2.27. The second-order valence-corrected chi connectivity index (χ2v) is 5.85. The summed E-state index contributed by atoms with van der Waals surface area (Å²) in [4.78, 5) is 19.0. The van der Waals surface area contributed by atoms with Crippen LogP contribution in [0.1, 0.15) is 43.0 Å². The van der Waals surface area contributed by atoms with E-state index in [1.54, 1.807) is 4.57 Å². The third-order valence-electron chi connectivity index (χ3n) is 3.77. The smallest absolute Gasteiger partial charge is 0.264 e. The maximum absolute atomic E-state index is 12.0. The minimum atomic E-state index is -0.414. The average molecular weight is 315 g/mol. The van der Waals surface area contributed by atoms with Crippen molar-refractivity contribution in [3.8, 4) is 5.88 Å². The molecule has 0 unspecified atom stereocenters. The van der Waals surface area contributed by atoms with E-state index in [0.29, 0.717) is 0 Å². The Morgan fingerprint density at radius 2 is 2.09 bits per heavy atom. The summed E-state index contributed by atoms with van der Waals surface area (Å²) in [7, 11) is 0. The van der Waals surface area contributed by atoms with Crippen molar-refractivity contribution >= 4 is 18.4 Å². The maximum atomic E-state index is 12.0. The number of H-pyrrole nitrogens is 1. The van der Waals surface area contributed by atoms with Crippen LogP contribution in [0.25, 0.3) is 0 Å². The second kappa shape index (κ2) is 5.88. The molecular formula is C16H17N3O2S. The Hall–Kier alpha value is -2.21. The lowest BCUT2D eigenvalue weighted by Crippen LogP contribution is -2.18. The summed E-state index contributed by atoms with van der Waals surface area (Å²) in [5.41, 5.74) is 0.788. The average Bonchev–Trinajstić information content (AvgIpc) is 3.32. The lowest BCUT2D eigenvalue weighted by Gasteiger charge is -2.10. The number of hydrogen-bond acceptors (Lipinski definition) is 4. The SMILES string of the molecule is C[C@@H](N=Cc1c(O)n(C2CC2)c(=S)[nH]c1=O)c1ccccc1. The van der Waals surface area contributed by atoms with Crippen molar-refractivity contribution in [3.63, 3.8) is 0 Å². The third-order valence-corrected chi connectivity index (χ3v) is 4.07. The fourth-order valence-electron chi connectivity index (χ4n) is 2.34. The van der Waals surface area contributed by atoms with Crippen molar-refractivity contribution in [2.24, 2.45) is 4.99 Å². The first-order valence-electron chi connectivity index (χ1n) is 7.24. The number of hydrogen-bond donors (Lipinski definition) is 2. The Kier molecular flexibility index (Phi) is 3.94. The van der Waals surface area contributed by atoms with E-state index in [-0.39, 0.29) is 28.3 Å². The topological polar surface area (TPSA) is 70.4 Å². The molecule has 6 heteroatoms. The van der Waals surface area contributed by atoms with Crippen LogP contribution < -0.4 is 5.56 Å². The molecule has 114 valence electrons. The van der Waals surface area contributed by atoms with Crippen LogP contribution in [-0.2, 0) is 0 Å². The van der Waals surface area contributed by atoms with Crippen molar-refractivity contribution in [2.75, 3.05) is 0 Å². The first kappa shape index (κ1) is 14.7. The zero-order valence-corrected chi connectivity index (χ0v) is 13.0. The maximum Gasteiger partial charge on any atom is 0.264 e. The molecule has 1 saturated carbocycles. The zero-order valence-electron chi connectivity index (χ0n) is 12.2. The Morgan fingerprint density at radius 1 is 1.41 bits per heavy atom. The van der Waals surface area contributed by atoms with E-state index < -0.39 is 5.56 Å². The van der Waals surface area contributed by atoms with Gasteiger partial charge in [0.25, 0.3) is 5.56 Å². The van der Waals surface area contributed by atoms with E-state index >= 15 is 0 Å². The van der Waals surface area contributed by atoms with Crippen molar-refractivity contribution in [2.45, 2.75) is 31.8 Å². The van der Waals surface area contributed by atoms with E-state index in [9.17, 15) is 9.90 Å². The molecule has 1 aliphatic rings. The van der Waals surface area contributed by atoms with Crippen molar-refractivity contribution < 1.29 is 5.11 Å². The van der Waals surface area contributed by atoms with Crippen LogP contribution in [0.2, 0.25) is 0 Å². The summed E-state index contributed by atoms with van der Waals surface area (Å²) in [5, 5.41) is 10.3. The fraction of sp³-hybridized carbons (Fsp3) is 0.312. The fourth-order valence-corrected chi connectivity index (χ4v) is 2.67. The molecule has 0 radical (unpaired) electrons. The number of nitrogens with one attached hydrogen (secondary N) is 1. The van der Waals surface area contributed by atoms with Gasteiger partial charge in [0.05, 0.1) is 6.04 Å². The highest BCUT2D eigenvalue weighted by molar-refractivity contribution is 7.71. The van der Waals surface area contributed by atoms with Crippen LogP contribution >= 0.6 is 12.2 Å². The van der Waals surface area contributed by atoms with Gasteiger partial charge < -0.3 is 5.11 Å². The van der Waals surface area contributed by atoms with E-state index in [1.807, 2.05) is 37.3 Å². The van der Waals surface area contributed by atoms with E-state index in [4.69, 9.17) is 12.2 Å². The molecule has 1 atom stereocenters. The molecule has 1 aliphatic carbocycles. The number of rotatable bonds is 4. The zero-order chi connectivity index (χ0) is 15.7. The van der Waals surface area contributed by atoms with Gasteiger partial charge in [-0.1, -0.05) is 30.3 Å². The van der Waals surface area contributed by atoms with Gasteiger partial charge in [-0.2, -0.15) is 0 Å². The minimum absolute atomic E-state index is 0.0970. The summed E-state index contributed by atoms with van der Waals surface area (Å²) in [6.07, 6.45) is 3.36. The molecule has 3 rings (SSSR count). The Labute approximate surface area is 133 Å². The Bertz CT molecular complexity index is 820. The largest absolute Gasteiger partial charge is 0.494 e. The predicted octanol–water partition coefficient (Wildman–Crippen LogP) is 3.13. The molecule has 0 amide bonds. The molecule has 1 fully saturated rings. The quantitative estimate of drug-likeness (QED) is 0.672. The van der Waals surface area contributed by atoms with E-state index in [1.165, 1.54) is 6.21 Å². The standard InChI is InChI=1S/C16H17N3O2S/c1-10(11-5-3-2-4-6-11)17-9-13-14(20)18-16(22)19(15(13)21)12-7-8-12/h2-6,9-10,12,21H,7-8H2,1H3,(H,18,20,22)/t10-/m1/s1. The third kappa shape index (κ3) is 2.87. The van der Waals surface area contributed by atoms with Crippen molar-refractivity contribution in [3.05, 3.63) is 56.6 Å². The van der Waals surface area contributed by atoms with E-state index in [2.05, 4.69) is 9.98 Å². The minimum Gasteiger partial charge on any atom is -0.494 e. The monoisotopic (exact) mass is 315 g/mol. The van der Waals surface area contributed by atoms with Gasteiger partial charge in [0, 0.05) is 12.3 Å². The van der Waals surface area contributed by atoms with Crippen LogP contribution in [0.5, 0.6) is 5.88 Å². The molecule has 0 bridgehead atoms. The van der Waals surface area contributed by atoms with Crippen LogP contribution in [0.15, 0.2) is 40.1 Å². The summed E-state index contributed by atoms with van der Waals surface area (Å²) in [6, 6.07) is 9.86. The molecule has 22 heavy (non-hydrogen) atoms. The Balaban J connectivity index is 1.95. The summed E-state index contributed by atoms with van der Waals surface area (Å²) in [5.74, 6) is -0.0970. The number of nitrogens with zero attached hydrogens (tertiary/aromatic N) is 2. The molecule has 1 aromatic carbocycles. The lowest BCUT2D eigenvalue weighted by atomic mass is 10.1. The molecule has 1 aromatic heterocycles. The number of aromatic nitrogens is 2. The molecule has 0 aliphatic heterocycles. The van der Waals surface area contributed by atoms with Gasteiger partial charge in [0.2, 0.25) is 5.88 Å². The molecule has 0 saturated heterocycles. The lowest BCUT2D eigenvalue weighted by molar-refractivity contribution is 0.405. The number of aliphatic imine (C=N–C) groups is 1. The van der Waals surface area contributed by atoms with Crippen molar-refractivity contribution in [1.82, 2.24) is 9.55 Å². The van der Waals surface area contributed by atoms with Gasteiger partial charge in [-0.05, 0) is 37.5 Å². The van der Waals surface area contributed by atoms with Crippen molar-refractivity contribution in [1.29, 1.82) is 0 Å². The van der Waals surface area contributed by atoms with Gasteiger partial charge in [-0.3, -0.25) is 19.3 Å². The van der Waals surface area contributed by atoms with Crippen LogP contribution in [-0.4, -0.2) is 20.9 Å². The van der Waals surface area contributed by atoms with Gasteiger partial charge >= 0.3 is 0 Å². The molecule has 1 heterocycles. The molecule has 2 N–H and O–H groups in total. The molecule has 2 aromatic rings. The van der Waals surface area contributed by atoms with Crippen LogP contribution in [0, 0.1) is 4.77 Å². The van der Waals surface area contributed by atoms with E-state index in [0.717, 1.165) is 18.4 Å². The van der Waals surface area contributed by atoms with Gasteiger partial charge in [0.1, 0.15) is 5.56 Å². The van der Waals surface area contributed by atoms with Gasteiger partial charge in [0.15, 0.2) is 4.77 Å². The highest BCUT2D eigenvalue weighted by atomic mass is 32.1. The molecule has 0 spiro atoms.